The quantitative estimate of drug-likeness (QED) is 0.511. The van der Waals surface area contributed by atoms with Crippen molar-refractivity contribution in [2.75, 3.05) is 7.11 Å². The highest BCUT2D eigenvalue weighted by Crippen LogP contribution is 2.57. The van der Waals surface area contributed by atoms with Crippen LogP contribution in [0.5, 0.6) is 0 Å². The highest BCUT2D eigenvalue weighted by Gasteiger charge is 2.10. The molecule has 5 heteroatoms. The number of hydrogen-bond donors (Lipinski definition) is 0. The Bertz CT molecular complexity index is 135. The predicted octanol–water partition coefficient (Wildman–Crippen LogP) is 4.24. The first-order chi connectivity index (χ1) is 4.63. The Balaban J connectivity index is 4.29. The van der Waals surface area contributed by atoms with Gasteiger partial charge in [0.2, 0.25) is 0 Å². The molecular weight excluding hydrogens is 213 g/mol. The molecule has 0 heterocycles. The molecule has 0 amide bonds. The first-order valence-electron chi connectivity index (χ1n) is 2.67. The molecule has 0 aromatic carbocycles. The summed E-state index contributed by atoms with van der Waals surface area (Å²) in [4.78, 5) is 0. The van der Waals surface area contributed by atoms with Crippen LogP contribution >= 0.6 is 40.7 Å². The van der Waals surface area contributed by atoms with Gasteiger partial charge in [0.25, 0.3) is 0 Å². The van der Waals surface area contributed by atoms with Crippen molar-refractivity contribution in [3.63, 3.8) is 0 Å². The van der Waals surface area contributed by atoms with Crippen molar-refractivity contribution in [2.45, 2.75) is 13.3 Å². The third-order valence-corrected chi connectivity index (χ3v) is 3.61. The van der Waals surface area contributed by atoms with Crippen molar-refractivity contribution in [2.24, 2.45) is 0 Å². The molecule has 0 rings (SSSR count). The van der Waals surface area contributed by atoms with Gasteiger partial charge < -0.3 is 4.74 Å². The van der Waals surface area contributed by atoms with Gasteiger partial charge in [-0.05, 0) is 18.0 Å². The summed E-state index contributed by atoms with van der Waals surface area (Å²) >= 11 is 16.9. The number of rotatable bonds is 3. The fourth-order valence-electron chi connectivity index (χ4n) is 0.443. The van der Waals surface area contributed by atoms with Crippen LogP contribution in [0.2, 0.25) is 0 Å². The van der Waals surface area contributed by atoms with E-state index in [1.807, 2.05) is 6.92 Å². The van der Waals surface area contributed by atoms with Gasteiger partial charge in [-0.3, -0.25) is 0 Å². The molecule has 0 aliphatic heterocycles. The van der Waals surface area contributed by atoms with E-state index in [1.54, 1.807) is 0 Å². The SMILES string of the molecule is CC/C(=C(\Cl)OC)P(Cl)Cl. The Morgan fingerprint density at radius 2 is 2.00 bits per heavy atom. The van der Waals surface area contributed by atoms with Crippen LogP contribution in [-0.2, 0) is 4.74 Å². The maximum atomic E-state index is 5.63. The fourth-order valence-corrected chi connectivity index (χ4v) is 2.73. The van der Waals surface area contributed by atoms with E-state index in [9.17, 15) is 0 Å². The Morgan fingerprint density at radius 3 is 2.10 bits per heavy atom. The van der Waals surface area contributed by atoms with E-state index in [0.717, 1.165) is 11.7 Å². The van der Waals surface area contributed by atoms with Gasteiger partial charge in [0.1, 0.15) is 6.63 Å². The van der Waals surface area contributed by atoms with Gasteiger partial charge >= 0.3 is 0 Å². The number of halogens is 3. The summed E-state index contributed by atoms with van der Waals surface area (Å²) in [6.45, 7) is 0.785. The van der Waals surface area contributed by atoms with E-state index in [4.69, 9.17) is 38.8 Å². The van der Waals surface area contributed by atoms with Gasteiger partial charge in [-0.15, -0.1) is 0 Å². The third kappa shape index (κ3) is 3.30. The van der Waals surface area contributed by atoms with Gasteiger partial charge in [-0.25, -0.2) is 0 Å². The van der Waals surface area contributed by atoms with Gasteiger partial charge in [0.05, 0.1) is 7.11 Å². The number of hydrogen-bond acceptors (Lipinski definition) is 1. The van der Waals surface area contributed by atoms with Gasteiger partial charge in [-0.2, -0.15) is 0 Å². The van der Waals surface area contributed by atoms with Crippen LogP contribution in [0, 0.1) is 0 Å². The molecule has 10 heavy (non-hydrogen) atoms. The van der Waals surface area contributed by atoms with E-state index in [-0.39, 0.29) is 0 Å². The normalized spacial score (nSPS) is 13.4. The highest BCUT2D eigenvalue weighted by molar-refractivity contribution is 8.06. The van der Waals surface area contributed by atoms with Crippen LogP contribution in [0.25, 0.3) is 0 Å². The summed E-state index contributed by atoms with van der Waals surface area (Å²) in [5, 5.41) is 1.10. The lowest BCUT2D eigenvalue weighted by Crippen LogP contribution is -1.81. The molecule has 1 nitrogen and oxygen atoms in total. The summed E-state index contributed by atoms with van der Waals surface area (Å²) in [6.07, 6.45) is 0.728. The molecule has 0 saturated heterocycles. The maximum absolute atomic E-state index is 5.63. The highest BCUT2D eigenvalue weighted by atomic mass is 35.9. The summed E-state index contributed by atoms with van der Waals surface area (Å²) in [5.74, 6) is 0. The van der Waals surface area contributed by atoms with Crippen molar-refractivity contribution < 1.29 is 4.74 Å². The minimum Gasteiger partial charge on any atom is -0.486 e. The van der Waals surface area contributed by atoms with Gasteiger partial charge in [-0.1, -0.05) is 29.4 Å². The molecule has 0 aromatic rings. The molecule has 0 radical (unpaired) electrons. The molecule has 0 aromatic heterocycles. The van der Waals surface area contributed by atoms with Crippen LogP contribution in [0.15, 0.2) is 10.5 Å². The summed E-state index contributed by atoms with van der Waals surface area (Å²) in [6, 6.07) is 0. The van der Waals surface area contributed by atoms with Crippen LogP contribution < -0.4 is 0 Å². The minimum atomic E-state index is -1.14. The van der Waals surface area contributed by atoms with Crippen LogP contribution in [0.4, 0.5) is 0 Å². The molecule has 0 aliphatic carbocycles. The Hall–Kier alpha value is 0.840. The summed E-state index contributed by atoms with van der Waals surface area (Å²) in [5.41, 5.74) is 0. The second-order valence-corrected chi connectivity index (χ2v) is 5.41. The van der Waals surface area contributed by atoms with E-state index in [1.165, 1.54) is 7.11 Å². The number of methoxy groups -OCH3 is 1. The van der Waals surface area contributed by atoms with Crippen LogP contribution in [0.1, 0.15) is 13.3 Å². The van der Waals surface area contributed by atoms with E-state index in [2.05, 4.69) is 0 Å². The van der Waals surface area contributed by atoms with Crippen molar-refractivity contribution in [1.82, 2.24) is 0 Å². The van der Waals surface area contributed by atoms with Crippen molar-refractivity contribution in [3.05, 3.63) is 10.5 Å². The topological polar surface area (TPSA) is 9.23 Å². The standard InChI is InChI=1S/C5H8Cl3OP/c1-3-4(10(7)8)5(6)9-2/h3H2,1-2H3/b5-4-. The van der Waals surface area contributed by atoms with E-state index < -0.39 is 6.63 Å². The zero-order valence-corrected chi connectivity index (χ0v) is 8.86. The summed E-state index contributed by atoms with van der Waals surface area (Å²) < 4.78 is 4.76. The van der Waals surface area contributed by atoms with Crippen molar-refractivity contribution >= 4 is 40.7 Å². The largest absolute Gasteiger partial charge is 0.486 e. The first-order valence-corrected chi connectivity index (χ1v) is 6.20. The van der Waals surface area contributed by atoms with Crippen molar-refractivity contribution in [1.29, 1.82) is 0 Å². The van der Waals surface area contributed by atoms with Gasteiger partial charge in [0.15, 0.2) is 5.22 Å². The Labute approximate surface area is 76.6 Å². The molecule has 0 N–H and O–H groups in total. The monoisotopic (exact) mass is 220 g/mol. The number of ether oxygens (including phenoxy) is 1. The second kappa shape index (κ2) is 5.49. The lowest BCUT2D eigenvalue weighted by molar-refractivity contribution is 0.319. The molecule has 0 saturated carbocycles. The summed E-state index contributed by atoms with van der Waals surface area (Å²) in [7, 11) is 1.49. The zero-order chi connectivity index (χ0) is 8.15. The molecule has 0 unspecified atom stereocenters. The smallest absolute Gasteiger partial charge is 0.192 e. The average molecular weight is 221 g/mol. The predicted molar refractivity (Wildman–Crippen MR) is 48.8 cm³/mol. The molecular formula is C5H8Cl3OP. The van der Waals surface area contributed by atoms with E-state index in [0.29, 0.717) is 5.22 Å². The van der Waals surface area contributed by atoms with Crippen molar-refractivity contribution in [3.8, 4) is 0 Å². The fraction of sp³-hybridized carbons (Fsp3) is 0.600. The lowest BCUT2D eigenvalue weighted by atomic mass is 10.5. The molecule has 0 aliphatic rings. The van der Waals surface area contributed by atoms with E-state index >= 15 is 0 Å². The average Bonchev–Trinajstić information content (AvgIpc) is 1.88. The molecule has 0 bridgehead atoms. The molecule has 0 spiro atoms. The molecule has 0 atom stereocenters. The zero-order valence-electron chi connectivity index (χ0n) is 5.70. The maximum Gasteiger partial charge on any atom is 0.192 e. The van der Waals surface area contributed by atoms with Gasteiger partial charge in [0, 0.05) is 5.31 Å². The first kappa shape index (κ1) is 10.8. The number of allylic oxidation sites excluding steroid dienone is 1. The molecule has 60 valence electrons. The lowest BCUT2D eigenvalue weighted by Gasteiger charge is -2.06. The Kier molecular flexibility index (Phi) is 5.95. The third-order valence-electron chi connectivity index (χ3n) is 0.945. The van der Waals surface area contributed by atoms with Crippen LogP contribution in [0.3, 0.4) is 0 Å². The van der Waals surface area contributed by atoms with Crippen LogP contribution in [-0.4, -0.2) is 7.11 Å². The second-order valence-electron chi connectivity index (χ2n) is 1.51. The Morgan fingerprint density at radius 1 is 1.50 bits per heavy atom. The minimum absolute atomic E-state index is 0.318. The molecule has 0 fully saturated rings.